The molecule has 0 saturated carbocycles. The molecule has 0 radical (unpaired) electrons. The van der Waals surface area contributed by atoms with Gasteiger partial charge in [-0.3, -0.25) is 14.9 Å². The van der Waals surface area contributed by atoms with Crippen LogP contribution < -0.4 is 21.3 Å². The maximum Gasteiger partial charge on any atom is 0.240 e. The summed E-state index contributed by atoms with van der Waals surface area (Å²) >= 11 is 5.75. The van der Waals surface area contributed by atoms with E-state index in [1.54, 1.807) is 11.3 Å². The van der Waals surface area contributed by atoms with Crippen molar-refractivity contribution in [1.82, 2.24) is 20.9 Å². The van der Waals surface area contributed by atoms with Gasteiger partial charge in [0, 0.05) is 17.5 Å². The predicted octanol–water partition coefficient (Wildman–Crippen LogP) is 2.13. The second-order valence-electron chi connectivity index (χ2n) is 7.42. The fourth-order valence-electron chi connectivity index (χ4n) is 3.28. The minimum Gasteiger partial charge on any atom is -0.355 e. The number of nitrogens with one attached hydrogen (secondary N) is 4. The van der Waals surface area contributed by atoms with Gasteiger partial charge < -0.3 is 16.0 Å². The third-order valence-corrected chi connectivity index (χ3v) is 6.20. The summed E-state index contributed by atoms with van der Waals surface area (Å²) in [6.07, 6.45) is 8.50. The van der Waals surface area contributed by atoms with Crippen molar-refractivity contribution in [3.05, 3.63) is 10.6 Å². The normalized spacial score (nSPS) is 15.7. The molecular formula is C20H35N5O2S2. The molecule has 0 bridgehead atoms. The fourth-order valence-corrected chi connectivity index (χ4v) is 4.61. The standard InChI is InChI=1S/C20H35N5O2S2/c1-2-9-22-15-7-8-16-17(12-15)29-20(24-16)25-19(27)14-21-13-18(26)23-10-5-3-4-6-11-28/h15,21-22,28H,2-14H2,1H3,(H,23,26)(H,24,25,27)/t15-/m0/s1. The molecule has 0 saturated heterocycles. The highest BCUT2D eigenvalue weighted by Gasteiger charge is 2.22. The Morgan fingerprint density at radius 1 is 1.14 bits per heavy atom. The first-order valence-electron chi connectivity index (χ1n) is 10.7. The molecule has 7 nitrogen and oxygen atoms in total. The van der Waals surface area contributed by atoms with E-state index in [4.69, 9.17) is 0 Å². The second kappa shape index (κ2) is 14.0. The molecule has 4 N–H and O–H groups in total. The van der Waals surface area contributed by atoms with Crippen LogP contribution in [0, 0.1) is 0 Å². The van der Waals surface area contributed by atoms with Crippen molar-refractivity contribution in [2.75, 3.05) is 37.2 Å². The van der Waals surface area contributed by atoms with Gasteiger partial charge >= 0.3 is 0 Å². The van der Waals surface area contributed by atoms with Crippen molar-refractivity contribution >= 4 is 40.9 Å². The van der Waals surface area contributed by atoms with Gasteiger partial charge in [-0.2, -0.15) is 12.6 Å². The first kappa shape index (κ1) is 24.1. The van der Waals surface area contributed by atoms with Crippen molar-refractivity contribution in [1.29, 1.82) is 0 Å². The number of hydrogen-bond acceptors (Lipinski definition) is 7. The van der Waals surface area contributed by atoms with Crippen LogP contribution in [0.5, 0.6) is 0 Å². The number of aryl methyl sites for hydroxylation is 1. The highest BCUT2D eigenvalue weighted by atomic mass is 32.1. The van der Waals surface area contributed by atoms with Crippen LogP contribution in [0.4, 0.5) is 5.13 Å². The molecule has 29 heavy (non-hydrogen) atoms. The number of amides is 2. The molecule has 0 spiro atoms. The number of hydrogen-bond donors (Lipinski definition) is 5. The number of carbonyl (C=O) groups is 2. The summed E-state index contributed by atoms with van der Waals surface area (Å²) in [4.78, 5) is 29.7. The van der Waals surface area contributed by atoms with Gasteiger partial charge in [-0.1, -0.05) is 19.8 Å². The first-order valence-corrected chi connectivity index (χ1v) is 12.2. The lowest BCUT2D eigenvalue weighted by Gasteiger charge is -2.21. The fraction of sp³-hybridized carbons (Fsp3) is 0.750. The summed E-state index contributed by atoms with van der Waals surface area (Å²) in [6.45, 7) is 4.13. The first-order chi connectivity index (χ1) is 14.1. The molecular weight excluding hydrogens is 406 g/mol. The molecule has 1 aliphatic carbocycles. The highest BCUT2D eigenvalue weighted by molar-refractivity contribution is 7.80. The number of aromatic nitrogens is 1. The van der Waals surface area contributed by atoms with Crippen LogP contribution in [-0.2, 0) is 22.4 Å². The Morgan fingerprint density at radius 2 is 1.93 bits per heavy atom. The summed E-state index contributed by atoms with van der Waals surface area (Å²) in [5.74, 6) is 0.664. The van der Waals surface area contributed by atoms with Crippen molar-refractivity contribution in [3.8, 4) is 0 Å². The molecule has 0 fully saturated rings. The summed E-state index contributed by atoms with van der Waals surface area (Å²) in [5, 5.41) is 12.8. The van der Waals surface area contributed by atoms with Gasteiger partial charge in [-0.05, 0) is 50.8 Å². The number of thiazole rings is 1. The van der Waals surface area contributed by atoms with Crippen LogP contribution in [0.1, 0.15) is 56.0 Å². The molecule has 9 heteroatoms. The zero-order chi connectivity index (χ0) is 20.9. The van der Waals surface area contributed by atoms with E-state index in [9.17, 15) is 9.59 Å². The highest BCUT2D eigenvalue weighted by Crippen LogP contribution is 2.29. The van der Waals surface area contributed by atoms with E-state index in [0.29, 0.717) is 17.7 Å². The number of unbranched alkanes of at least 4 members (excludes halogenated alkanes) is 3. The van der Waals surface area contributed by atoms with Crippen molar-refractivity contribution < 1.29 is 9.59 Å². The Labute approximate surface area is 183 Å². The minimum atomic E-state index is -0.170. The largest absolute Gasteiger partial charge is 0.355 e. The average molecular weight is 442 g/mol. The summed E-state index contributed by atoms with van der Waals surface area (Å²) in [5.41, 5.74) is 1.11. The van der Waals surface area contributed by atoms with E-state index in [2.05, 4.69) is 45.8 Å². The van der Waals surface area contributed by atoms with Gasteiger partial charge in [0.1, 0.15) is 0 Å². The third-order valence-electron chi connectivity index (χ3n) is 4.85. The molecule has 0 aliphatic heterocycles. The van der Waals surface area contributed by atoms with Gasteiger partial charge in [0.05, 0.1) is 18.8 Å². The Morgan fingerprint density at radius 3 is 2.72 bits per heavy atom. The van der Waals surface area contributed by atoms with Gasteiger partial charge in [0.25, 0.3) is 0 Å². The average Bonchev–Trinajstić information content (AvgIpc) is 3.10. The third kappa shape index (κ3) is 9.46. The maximum atomic E-state index is 12.1. The summed E-state index contributed by atoms with van der Waals surface area (Å²) in [7, 11) is 0. The quantitative estimate of drug-likeness (QED) is 0.225. The molecule has 1 aromatic heterocycles. The van der Waals surface area contributed by atoms with Gasteiger partial charge in [-0.25, -0.2) is 4.98 Å². The van der Waals surface area contributed by atoms with Crippen LogP contribution in [0.25, 0.3) is 0 Å². The number of nitrogens with zero attached hydrogens (tertiary/aromatic N) is 1. The summed E-state index contributed by atoms with van der Waals surface area (Å²) in [6, 6.07) is 0.509. The van der Waals surface area contributed by atoms with Crippen LogP contribution >= 0.6 is 24.0 Å². The lowest BCUT2D eigenvalue weighted by atomic mass is 9.98. The molecule has 164 valence electrons. The number of fused-ring (bicyclic) bond motifs is 1. The topological polar surface area (TPSA) is 95.2 Å². The molecule has 1 aliphatic rings. The van der Waals surface area contributed by atoms with Crippen molar-refractivity contribution in [2.45, 2.75) is 64.3 Å². The predicted molar refractivity (Wildman–Crippen MR) is 123 cm³/mol. The van der Waals surface area contributed by atoms with E-state index in [1.165, 1.54) is 4.88 Å². The molecule has 2 amide bonds. The van der Waals surface area contributed by atoms with Gasteiger partial charge in [-0.15, -0.1) is 11.3 Å². The maximum absolute atomic E-state index is 12.1. The Bertz CT molecular complexity index is 638. The number of carbonyl (C=O) groups excluding carboxylic acids is 2. The monoisotopic (exact) mass is 441 g/mol. The lowest BCUT2D eigenvalue weighted by molar-refractivity contribution is -0.120. The molecule has 2 rings (SSSR count). The van der Waals surface area contributed by atoms with Crippen molar-refractivity contribution in [2.24, 2.45) is 0 Å². The molecule has 0 aromatic carbocycles. The molecule has 1 atom stereocenters. The van der Waals surface area contributed by atoms with Crippen molar-refractivity contribution in [3.63, 3.8) is 0 Å². The zero-order valence-electron chi connectivity index (χ0n) is 17.4. The second-order valence-corrected chi connectivity index (χ2v) is 8.95. The molecule has 0 unspecified atom stereocenters. The SMILES string of the molecule is CCCN[C@H]1CCc2nc(NC(=O)CNCC(=O)NCCCCCCS)sc2C1. The van der Waals surface area contributed by atoms with Crippen LogP contribution in [0.3, 0.4) is 0 Å². The van der Waals surface area contributed by atoms with E-state index in [1.807, 2.05) is 0 Å². The molecule has 1 aromatic rings. The minimum absolute atomic E-state index is 0.0812. The number of rotatable bonds is 14. The Balaban J connectivity index is 1.60. The van der Waals surface area contributed by atoms with Crippen LogP contribution in [0.15, 0.2) is 0 Å². The van der Waals surface area contributed by atoms with Gasteiger partial charge in [0.2, 0.25) is 11.8 Å². The van der Waals surface area contributed by atoms with E-state index in [0.717, 1.165) is 69.4 Å². The van der Waals surface area contributed by atoms with E-state index in [-0.39, 0.29) is 24.9 Å². The number of thiol groups is 1. The zero-order valence-corrected chi connectivity index (χ0v) is 19.1. The smallest absolute Gasteiger partial charge is 0.240 e. The van der Waals surface area contributed by atoms with E-state index < -0.39 is 0 Å². The number of anilines is 1. The summed E-state index contributed by atoms with van der Waals surface area (Å²) < 4.78 is 0. The lowest BCUT2D eigenvalue weighted by Crippen LogP contribution is -2.37. The Kier molecular flexibility index (Phi) is 11.6. The van der Waals surface area contributed by atoms with Crippen LogP contribution in [-0.4, -0.2) is 54.8 Å². The van der Waals surface area contributed by atoms with Crippen LogP contribution in [0.2, 0.25) is 0 Å². The van der Waals surface area contributed by atoms with Gasteiger partial charge in [0.15, 0.2) is 5.13 Å². The Hall–Kier alpha value is -1.16. The molecule has 1 heterocycles. The van der Waals surface area contributed by atoms with E-state index >= 15 is 0 Å².